The first kappa shape index (κ1) is 14.5. The molecule has 0 aromatic carbocycles. The summed E-state index contributed by atoms with van der Waals surface area (Å²) in [5, 5.41) is 3.14. The van der Waals surface area contributed by atoms with Crippen molar-refractivity contribution in [2.24, 2.45) is 0 Å². The zero-order valence-electron chi connectivity index (χ0n) is 10.9. The van der Waals surface area contributed by atoms with E-state index >= 15 is 0 Å². The van der Waals surface area contributed by atoms with Crippen molar-refractivity contribution in [3.8, 4) is 0 Å². The van der Waals surface area contributed by atoms with Crippen molar-refractivity contribution in [1.82, 2.24) is 9.97 Å². The van der Waals surface area contributed by atoms with Gasteiger partial charge in [-0.3, -0.25) is 0 Å². The second-order valence-corrected chi connectivity index (χ2v) is 7.54. The largest absolute Gasteiger partial charge is 0.369 e. The monoisotopic (exact) mass is 303 g/mol. The van der Waals surface area contributed by atoms with Crippen molar-refractivity contribution in [2.75, 3.05) is 17.6 Å². The van der Waals surface area contributed by atoms with Gasteiger partial charge in [0.1, 0.15) is 16.8 Å². The van der Waals surface area contributed by atoms with Crippen LogP contribution in [-0.4, -0.2) is 35.9 Å². The third kappa shape index (κ3) is 3.79. The van der Waals surface area contributed by atoms with Gasteiger partial charge < -0.3 is 5.32 Å². The van der Waals surface area contributed by atoms with Gasteiger partial charge in [0.15, 0.2) is 9.84 Å². The van der Waals surface area contributed by atoms with Crippen LogP contribution in [0.25, 0.3) is 0 Å². The molecule has 7 heteroatoms. The van der Waals surface area contributed by atoms with E-state index in [4.69, 9.17) is 11.6 Å². The Morgan fingerprint density at radius 2 is 2.26 bits per heavy atom. The number of aromatic nitrogens is 2. The predicted molar refractivity (Wildman–Crippen MR) is 76.3 cm³/mol. The fourth-order valence-corrected chi connectivity index (χ4v) is 4.16. The van der Waals surface area contributed by atoms with E-state index in [2.05, 4.69) is 15.3 Å². The Bertz CT molecular complexity index is 548. The van der Waals surface area contributed by atoms with Gasteiger partial charge >= 0.3 is 0 Å². The van der Waals surface area contributed by atoms with Gasteiger partial charge in [0.05, 0.1) is 11.0 Å². The summed E-state index contributed by atoms with van der Waals surface area (Å²) in [6.07, 6.45) is 3.17. The minimum Gasteiger partial charge on any atom is -0.369 e. The Morgan fingerprint density at radius 1 is 1.47 bits per heavy atom. The van der Waals surface area contributed by atoms with Crippen molar-refractivity contribution in [3.63, 3.8) is 0 Å². The maximum atomic E-state index is 11.7. The van der Waals surface area contributed by atoms with E-state index in [0.29, 0.717) is 29.1 Å². The third-order valence-corrected chi connectivity index (χ3v) is 5.66. The summed E-state index contributed by atoms with van der Waals surface area (Å²) in [6.45, 7) is 2.43. The molecule has 1 aromatic rings. The van der Waals surface area contributed by atoms with Crippen LogP contribution in [0.4, 0.5) is 5.82 Å². The summed E-state index contributed by atoms with van der Waals surface area (Å²) in [5.41, 5.74) is 0. The first-order valence-corrected chi connectivity index (χ1v) is 8.59. The molecule has 1 aliphatic rings. The fraction of sp³-hybridized carbons (Fsp3) is 0.667. The highest BCUT2D eigenvalue weighted by Gasteiger charge is 2.30. The van der Waals surface area contributed by atoms with Crippen molar-refractivity contribution >= 4 is 27.3 Å². The molecule has 1 atom stereocenters. The molecule has 0 saturated carbocycles. The molecular weight excluding hydrogens is 286 g/mol. The minimum atomic E-state index is -2.93. The highest BCUT2D eigenvalue weighted by atomic mass is 35.5. The van der Waals surface area contributed by atoms with Crippen LogP contribution in [0.2, 0.25) is 5.15 Å². The Kier molecular flexibility index (Phi) is 4.62. The zero-order valence-corrected chi connectivity index (χ0v) is 12.5. The van der Waals surface area contributed by atoms with Crippen LogP contribution < -0.4 is 5.32 Å². The molecule has 0 radical (unpaired) electrons. The van der Waals surface area contributed by atoms with E-state index in [9.17, 15) is 8.42 Å². The highest BCUT2D eigenvalue weighted by Crippen LogP contribution is 2.21. The number of nitrogens with zero attached hydrogens (tertiary/aromatic N) is 2. The zero-order chi connectivity index (χ0) is 13.9. The summed E-state index contributed by atoms with van der Waals surface area (Å²) in [4.78, 5) is 8.46. The van der Waals surface area contributed by atoms with Crippen LogP contribution in [0.3, 0.4) is 0 Å². The molecule has 1 unspecified atom stereocenters. The lowest BCUT2D eigenvalue weighted by molar-refractivity contribution is 0.591. The predicted octanol–water partition coefficient (Wildman–Crippen LogP) is 2.07. The first-order chi connectivity index (χ1) is 9.01. The number of halogens is 1. The van der Waals surface area contributed by atoms with Gasteiger partial charge in [0, 0.05) is 19.0 Å². The number of hydrogen-bond donors (Lipinski definition) is 1. The van der Waals surface area contributed by atoms with Gasteiger partial charge in [0.25, 0.3) is 0 Å². The molecule has 5 nitrogen and oxygen atoms in total. The number of nitrogens with one attached hydrogen (secondary N) is 1. The Labute approximate surface area is 118 Å². The Balaban J connectivity index is 2.03. The fourth-order valence-electron chi connectivity index (χ4n) is 2.20. The summed E-state index contributed by atoms with van der Waals surface area (Å²) < 4.78 is 23.4. The topological polar surface area (TPSA) is 72.0 Å². The molecule has 1 aliphatic heterocycles. The van der Waals surface area contributed by atoms with Crippen molar-refractivity contribution in [1.29, 1.82) is 0 Å². The van der Waals surface area contributed by atoms with Crippen LogP contribution in [-0.2, 0) is 16.3 Å². The van der Waals surface area contributed by atoms with Crippen molar-refractivity contribution < 1.29 is 8.42 Å². The lowest BCUT2D eigenvalue weighted by Crippen LogP contribution is -2.25. The summed E-state index contributed by atoms with van der Waals surface area (Å²) in [7, 11) is -2.93. The normalized spacial score (nSPS) is 21.5. The van der Waals surface area contributed by atoms with Crippen LogP contribution in [0.5, 0.6) is 0 Å². The average molecular weight is 304 g/mol. The third-order valence-electron chi connectivity index (χ3n) is 3.19. The highest BCUT2D eigenvalue weighted by molar-refractivity contribution is 7.92. The first-order valence-electron chi connectivity index (χ1n) is 6.50. The molecule has 0 aliphatic carbocycles. The molecule has 2 heterocycles. The lowest BCUT2D eigenvalue weighted by atomic mass is 10.2. The van der Waals surface area contributed by atoms with Gasteiger partial charge in [0.2, 0.25) is 0 Å². The molecule has 1 fully saturated rings. The number of sulfone groups is 1. The number of anilines is 1. The smallest absolute Gasteiger partial charge is 0.154 e. The molecular formula is C12H18ClN3O2S. The number of aryl methyl sites for hydroxylation is 1. The maximum Gasteiger partial charge on any atom is 0.154 e. The van der Waals surface area contributed by atoms with E-state index in [1.807, 2.05) is 6.92 Å². The van der Waals surface area contributed by atoms with E-state index in [1.165, 1.54) is 0 Å². The Hall–Kier alpha value is -0.880. The van der Waals surface area contributed by atoms with Crippen LogP contribution in [0.15, 0.2) is 6.07 Å². The molecule has 2 rings (SSSR count). The molecule has 1 aromatic heterocycles. The number of rotatable bonds is 5. The molecule has 0 amide bonds. The standard InChI is InChI=1S/C12H18ClN3O2S/c1-2-4-11-15-10(13)7-12(16-11)14-8-9-5-3-6-19(9,17)18/h7,9H,2-6,8H2,1H3,(H,14,15,16). The molecule has 19 heavy (non-hydrogen) atoms. The Morgan fingerprint density at radius 3 is 2.89 bits per heavy atom. The van der Waals surface area contributed by atoms with Crippen molar-refractivity contribution in [3.05, 3.63) is 17.0 Å². The van der Waals surface area contributed by atoms with Gasteiger partial charge in [-0.05, 0) is 19.3 Å². The van der Waals surface area contributed by atoms with Crippen LogP contribution in [0, 0.1) is 0 Å². The molecule has 0 bridgehead atoms. The van der Waals surface area contributed by atoms with E-state index in [0.717, 1.165) is 25.7 Å². The van der Waals surface area contributed by atoms with E-state index < -0.39 is 9.84 Å². The molecule has 1 N–H and O–H groups in total. The van der Waals surface area contributed by atoms with Crippen molar-refractivity contribution in [2.45, 2.75) is 37.9 Å². The second kappa shape index (κ2) is 6.05. The van der Waals surface area contributed by atoms with Crippen LogP contribution in [0.1, 0.15) is 32.0 Å². The second-order valence-electron chi connectivity index (χ2n) is 4.75. The van der Waals surface area contributed by atoms with Gasteiger partial charge in [-0.15, -0.1) is 0 Å². The van der Waals surface area contributed by atoms with E-state index in [-0.39, 0.29) is 5.25 Å². The molecule has 0 spiro atoms. The van der Waals surface area contributed by atoms with Gasteiger partial charge in [-0.2, -0.15) is 0 Å². The van der Waals surface area contributed by atoms with Gasteiger partial charge in [-0.25, -0.2) is 18.4 Å². The quantitative estimate of drug-likeness (QED) is 0.843. The summed E-state index contributed by atoms with van der Waals surface area (Å²) in [6, 6.07) is 1.63. The average Bonchev–Trinajstić information content (AvgIpc) is 2.65. The van der Waals surface area contributed by atoms with E-state index in [1.54, 1.807) is 6.07 Å². The number of hydrogen-bond acceptors (Lipinski definition) is 5. The minimum absolute atomic E-state index is 0.297. The lowest BCUT2D eigenvalue weighted by Gasteiger charge is -2.12. The maximum absolute atomic E-state index is 11.7. The SMILES string of the molecule is CCCc1nc(Cl)cc(NCC2CCCS2(=O)=O)n1. The van der Waals surface area contributed by atoms with Crippen LogP contribution >= 0.6 is 11.6 Å². The van der Waals surface area contributed by atoms with Gasteiger partial charge in [-0.1, -0.05) is 18.5 Å². The summed E-state index contributed by atoms with van der Waals surface area (Å²) >= 11 is 5.93. The molecule has 106 valence electrons. The molecule has 1 saturated heterocycles. The summed E-state index contributed by atoms with van der Waals surface area (Å²) in [5.74, 6) is 1.59.